The summed E-state index contributed by atoms with van der Waals surface area (Å²) in [6.07, 6.45) is 0.768. The third-order valence-electron chi connectivity index (χ3n) is 3.26. The molecule has 0 unspecified atom stereocenters. The summed E-state index contributed by atoms with van der Waals surface area (Å²) in [5.74, 6) is 0.151. The van der Waals surface area contributed by atoms with E-state index in [1.807, 2.05) is 32.8 Å². The fourth-order valence-electron chi connectivity index (χ4n) is 1.86. The molecule has 0 fully saturated rings. The minimum atomic E-state index is -3.58. The van der Waals surface area contributed by atoms with Gasteiger partial charge in [0.2, 0.25) is 10.0 Å². The van der Waals surface area contributed by atoms with Crippen molar-refractivity contribution in [1.29, 1.82) is 0 Å². The molecule has 1 amide bonds. The van der Waals surface area contributed by atoms with Gasteiger partial charge in [-0.25, -0.2) is 13.1 Å². The molecule has 7 heteroatoms. The molecule has 1 rings (SSSR count). The molecule has 23 heavy (non-hydrogen) atoms. The first kappa shape index (κ1) is 19.6. The van der Waals surface area contributed by atoms with E-state index in [9.17, 15) is 13.2 Å². The number of benzene rings is 1. The smallest absolute Gasteiger partial charge is 0.251 e. The second-order valence-corrected chi connectivity index (χ2v) is 7.93. The predicted molar refractivity (Wildman–Crippen MR) is 92.0 cm³/mol. The zero-order valence-corrected chi connectivity index (χ0v) is 15.1. The number of rotatable bonds is 9. The molecule has 0 saturated carbocycles. The minimum absolute atomic E-state index is 0.113. The molecule has 0 spiro atoms. The third kappa shape index (κ3) is 7.11. The van der Waals surface area contributed by atoms with Crippen LogP contribution in [0.5, 0.6) is 0 Å². The number of nitrogens with one attached hydrogen (secondary N) is 2. The lowest BCUT2D eigenvalue weighted by atomic mass is 10.1. The van der Waals surface area contributed by atoms with Crippen LogP contribution in [0.4, 0.5) is 0 Å². The highest BCUT2D eigenvalue weighted by Crippen LogP contribution is 2.12. The van der Waals surface area contributed by atoms with Gasteiger partial charge in [-0.05, 0) is 44.6 Å². The molecule has 1 aromatic rings. The van der Waals surface area contributed by atoms with Crippen LogP contribution in [0.15, 0.2) is 29.2 Å². The van der Waals surface area contributed by atoms with E-state index in [-0.39, 0.29) is 10.8 Å². The molecule has 0 aliphatic heterocycles. The maximum absolute atomic E-state index is 12.2. The maximum atomic E-state index is 12.2. The summed E-state index contributed by atoms with van der Waals surface area (Å²) in [6, 6.07) is 6.09. The highest BCUT2D eigenvalue weighted by molar-refractivity contribution is 7.89. The zero-order valence-electron chi connectivity index (χ0n) is 14.3. The van der Waals surface area contributed by atoms with E-state index < -0.39 is 10.0 Å². The molecule has 130 valence electrons. The topological polar surface area (TPSA) is 78.5 Å². The Hall–Kier alpha value is -1.44. The standard InChI is InChI=1S/C16H27N3O3S/c1-13(2)8-9-18-23(21,22)15-7-5-6-14(12-15)16(20)17-10-11-19(3)4/h5-7,12-13,18H,8-11H2,1-4H3,(H,17,20). The van der Waals surface area contributed by atoms with Crippen molar-refractivity contribution in [3.63, 3.8) is 0 Å². The Morgan fingerprint density at radius 1 is 1.22 bits per heavy atom. The van der Waals surface area contributed by atoms with Crippen LogP contribution in [0.1, 0.15) is 30.6 Å². The van der Waals surface area contributed by atoms with Crippen molar-refractivity contribution >= 4 is 15.9 Å². The summed E-state index contributed by atoms with van der Waals surface area (Å²) in [5, 5.41) is 2.77. The van der Waals surface area contributed by atoms with Gasteiger partial charge in [-0.3, -0.25) is 4.79 Å². The number of sulfonamides is 1. The third-order valence-corrected chi connectivity index (χ3v) is 4.72. The molecule has 0 saturated heterocycles. The van der Waals surface area contributed by atoms with Crippen LogP contribution in [-0.4, -0.2) is 53.0 Å². The largest absolute Gasteiger partial charge is 0.351 e. The highest BCUT2D eigenvalue weighted by Gasteiger charge is 2.16. The lowest BCUT2D eigenvalue weighted by Crippen LogP contribution is -2.31. The lowest BCUT2D eigenvalue weighted by molar-refractivity contribution is 0.0951. The molecule has 0 heterocycles. The van der Waals surface area contributed by atoms with Crippen molar-refractivity contribution in [3.8, 4) is 0 Å². The van der Waals surface area contributed by atoms with E-state index in [0.29, 0.717) is 24.6 Å². The number of hydrogen-bond acceptors (Lipinski definition) is 4. The van der Waals surface area contributed by atoms with Gasteiger partial charge in [0.25, 0.3) is 5.91 Å². The molecular weight excluding hydrogens is 314 g/mol. The number of carbonyl (C=O) groups is 1. The van der Waals surface area contributed by atoms with Gasteiger partial charge in [0.1, 0.15) is 0 Å². The summed E-state index contributed by atoms with van der Waals surface area (Å²) >= 11 is 0. The van der Waals surface area contributed by atoms with E-state index in [1.54, 1.807) is 12.1 Å². The summed E-state index contributed by atoms with van der Waals surface area (Å²) in [5.41, 5.74) is 0.343. The maximum Gasteiger partial charge on any atom is 0.251 e. The van der Waals surface area contributed by atoms with Crippen molar-refractivity contribution in [2.75, 3.05) is 33.7 Å². The van der Waals surface area contributed by atoms with E-state index >= 15 is 0 Å². The molecule has 6 nitrogen and oxygen atoms in total. The van der Waals surface area contributed by atoms with Gasteiger partial charge in [0, 0.05) is 25.2 Å². The average Bonchev–Trinajstić information content (AvgIpc) is 2.46. The summed E-state index contributed by atoms with van der Waals surface area (Å²) in [7, 11) is 0.254. The minimum Gasteiger partial charge on any atom is -0.351 e. The van der Waals surface area contributed by atoms with Crippen LogP contribution < -0.4 is 10.0 Å². The molecule has 0 atom stereocenters. The Morgan fingerprint density at radius 3 is 2.52 bits per heavy atom. The lowest BCUT2D eigenvalue weighted by Gasteiger charge is -2.11. The first-order valence-electron chi connectivity index (χ1n) is 7.75. The molecule has 0 bridgehead atoms. The van der Waals surface area contributed by atoms with Gasteiger partial charge in [-0.1, -0.05) is 19.9 Å². The first-order valence-corrected chi connectivity index (χ1v) is 9.23. The van der Waals surface area contributed by atoms with Crippen LogP contribution in [0.2, 0.25) is 0 Å². The molecule has 0 aromatic heterocycles. The van der Waals surface area contributed by atoms with Gasteiger partial charge >= 0.3 is 0 Å². The van der Waals surface area contributed by atoms with Crippen molar-refractivity contribution in [2.45, 2.75) is 25.2 Å². The van der Waals surface area contributed by atoms with Crippen molar-refractivity contribution in [3.05, 3.63) is 29.8 Å². The normalized spacial score (nSPS) is 11.9. The molecule has 2 N–H and O–H groups in total. The molecule has 0 aliphatic rings. The van der Waals surface area contributed by atoms with E-state index in [2.05, 4.69) is 10.0 Å². The summed E-state index contributed by atoms with van der Waals surface area (Å²) in [6.45, 7) is 5.69. The van der Waals surface area contributed by atoms with Crippen molar-refractivity contribution in [2.24, 2.45) is 5.92 Å². The molecular formula is C16H27N3O3S. The second-order valence-electron chi connectivity index (χ2n) is 6.17. The van der Waals surface area contributed by atoms with E-state index in [1.165, 1.54) is 12.1 Å². The van der Waals surface area contributed by atoms with Gasteiger partial charge < -0.3 is 10.2 Å². The summed E-state index contributed by atoms with van der Waals surface area (Å²) < 4.78 is 27.0. The van der Waals surface area contributed by atoms with Gasteiger partial charge in [0.05, 0.1) is 4.90 Å². The van der Waals surface area contributed by atoms with Crippen molar-refractivity contribution < 1.29 is 13.2 Å². The number of hydrogen-bond donors (Lipinski definition) is 2. The Kier molecular flexibility index (Phi) is 7.67. The predicted octanol–water partition coefficient (Wildman–Crippen LogP) is 1.30. The van der Waals surface area contributed by atoms with Gasteiger partial charge in [-0.2, -0.15) is 0 Å². The van der Waals surface area contributed by atoms with Crippen LogP contribution in [0.3, 0.4) is 0 Å². The van der Waals surface area contributed by atoms with Crippen LogP contribution >= 0.6 is 0 Å². The van der Waals surface area contributed by atoms with Crippen LogP contribution in [0.25, 0.3) is 0 Å². The molecule has 0 radical (unpaired) electrons. The SMILES string of the molecule is CC(C)CCNS(=O)(=O)c1cccc(C(=O)NCCN(C)C)c1. The fourth-order valence-corrected chi connectivity index (χ4v) is 2.96. The van der Waals surface area contributed by atoms with Crippen LogP contribution in [-0.2, 0) is 10.0 Å². The van der Waals surface area contributed by atoms with Gasteiger partial charge in [-0.15, -0.1) is 0 Å². The quantitative estimate of drug-likeness (QED) is 0.710. The number of amides is 1. The summed E-state index contributed by atoms with van der Waals surface area (Å²) in [4.78, 5) is 14.1. The van der Waals surface area contributed by atoms with Gasteiger partial charge in [0.15, 0.2) is 0 Å². The fraction of sp³-hybridized carbons (Fsp3) is 0.562. The first-order chi connectivity index (χ1) is 10.7. The highest BCUT2D eigenvalue weighted by atomic mass is 32.2. The Balaban J connectivity index is 2.73. The number of nitrogens with zero attached hydrogens (tertiary/aromatic N) is 1. The number of likely N-dealkylation sites (N-methyl/N-ethyl adjacent to an activating group) is 1. The molecule has 0 aliphatic carbocycles. The Labute approximate surface area is 139 Å². The Morgan fingerprint density at radius 2 is 1.91 bits per heavy atom. The average molecular weight is 341 g/mol. The monoisotopic (exact) mass is 341 g/mol. The Bertz CT molecular complexity index is 613. The van der Waals surface area contributed by atoms with E-state index in [0.717, 1.165) is 13.0 Å². The molecule has 1 aromatic carbocycles. The van der Waals surface area contributed by atoms with E-state index in [4.69, 9.17) is 0 Å². The second kappa shape index (κ2) is 9.00. The number of carbonyl (C=O) groups excluding carboxylic acids is 1. The van der Waals surface area contributed by atoms with Crippen molar-refractivity contribution in [1.82, 2.24) is 14.9 Å². The van der Waals surface area contributed by atoms with Crippen LogP contribution in [0, 0.1) is 5.92 Å². The zero-order chi connectivity index (χ0) is 17.5.